The van der Waals surface area contributed by atoms with Gasteiger partial charge in [0, 0.05) is 28.5 Å². The Kier molecular flexibility index (Phi) is 9.11. The fraction of sp³-hybridized carbons (Fsp3) is 0.207. The molecule has 3 aromatic carbocycles. The second kappa shape index (κ2) is 12.7. The van der Waals surface area contributed by atoms with E-state index in [1.807, 2.05) is 48.5 Å². The van der Waals surface area contributed by atoms with Crippen LogP contribution in [0.5, 0.6) is 11.5 Å². The van der Waals surface area contributed by atoms with E-state index in [9.17, 15) is 8.42 Å². The maximum Gasteiger partial charge on any atom is 0.290 e. The van der Waals surface area contributed by atoms with Crippen molar-refractivity contribution in [2.45, 2.75) is 26.9 Å². The van der Waals surface area contributed by atoms with Gasteiger partial charge in [-0.15, -0.1) is 11.3 Å². The molecule has 0 aliphatic heterocycles. The molecular formula is C29H29NO5S2. The number of thiazole rings is 1. The second-order valence-corrected chi connectivity index (χ2v) is 10.9. The van der Waals surface area contributed by atoms with E-state index in [0.717, 1.165) is 32.1 Å². The van der Waals surface area contributed by atoms with Crippen molar-refractivity contribution in [2.75, 3.05) is 13.2 Å². The highest BCUT2D eigenvalue weighted by Gasteiger charge is 2.12. The van der Waals surface area contributed by atoms with Gasteiger partial charge >= 0.3 is 0 Å². The van der Waals surface area contributed by atoms with Crippen LogP contribution in [0, 0.1) is 6.92 Å². The molecule has 8 heteroatoms. The van der Waals surface area contributed by atoms with Crippen molar-refractivity contribution in [1.29, 1.82) is 0 Å². The van der Waals surface area contributed by atoms with E-state index in [4.69, 9.17) is 18.6 Å². The first-order valence-corrected chi connectivity index (χ1v) is 14.2. The molecule has 0 amide bonds. The summed E-state index contributed by atoms with van der Waals surface area (Å²) in [5.41, 5.74) is 3.73. The van der Waals surface area contributed by atoms with E-state index in [2.05, 4.69) is 19.1 Å². The van der Waals surface area contributed by atoms with Crippen LogP contribution in [0.15, 0.2) is 84.3 Å². The molecule has 37 heavy (non-hydrogen) atoms. The zero-order chi connectivity index (χ0) is 26.1. The van der Waals surface area contributed by atoms with E-state index < -0.39 is 10.1 Å². The summed E-state index contributed by atoms with van der Waals surface area (Å²) in [6.45, 7) is 4.54. The highest BCUT2D eigenvalue weighted by Crippen LogP contribution is 2.30. The van der Waals surface area contributed by atoms with E-state index in [1.54, 1.807) is 36.5 Å². The molecular weight excluding hydrogens is 506 g/mol. The lowest BCUT2D eigenvalue weighted by Gasteiger charge is -2.12. The molecule has 0 saturated carbocycles. The first-order chi connectivity index (χ1) is 17.9. The fourth-order valence-corrected chi connectivity index (χ4v) is 5.28. The van der Waals surface area contributed by atoms with Crippen LogP contribution in [0.4, 0.5) is 0 Å². The number of aromatic nitrogens is 1. The number of hydrogen-bond acceptors (Lipinski definition) is 7. The van der Waals surface area contributed by atoms with Gasteiger partial charge in [-0.2, -0.15) is 8.42 Å². The predicted molar refractivity (Wildman–Crippen MR) is 148 cm³/mol. The first kappa shape index (κ1) is 26.6. The molecule has 0 atom stereocenters. The quantitative estimate of drug-likeness (QED) is 0.189. The highest BCUT2D eigenvalue weighted by molar-refractivity contribution is 7.89. The molecule has 1 aromatic heterocycles. The van der Waals surface area contributed by atoms with Crippen LogP contribution in [-0.4, -0.2) is 26.6 Å². The molecule has 192 valence electrons. The molecule has 0 aliphatic carbocycles. The molecule has 0 fully saturated rings. The number of aryl methyl sites for hydroxylation is 1. The third-order valence-corrected chi connectivity index (χ3v) is 7.54. The zero-order valence-corrected chi connectivity index (χ0v) is 22.4. The van der Waals surface area contributed by atoms with Crippen molar-refractivity contribution in [1.82, 2.24) is 4.98 Å². The molecule has 0 unspecified atom stereocenters. The highest BCUT2D eigenvalue weighted by atomic mass is 32.2. The van der Waals surface area contributed by atoms with Crippen molar-refractivity contribution >= 4 is 27.5 Å². The van der Waals surface area contributed by atoms with Gasteiger partial charge in [0.2, 0.25) is 0 Å². The lowest BCUT2D eigenvalue weighted by atomic mass is 10.2. The van der Waals surface area contributed by atoms with Crippen molar-refractivity contribution in [3.8, 4) is 22.1 Å². The molecule has 0 aliphatic rings. The number of rotatable bonds is 12. The molecule has 0 saturated heterocycles. The fourth-order valence-electron chi connectivity index (χ4n) is 3.59. The van der Waals surface area contributed by atoms with Crippen molar-refractivity contribution in [2.24, 2.45) is 0 Å². The Labute approximate surface area is 222 Å². The van der Waals surface area contributed by atoms with Gasteiger partial charge in [-0.1, -0.05) is 60.7 Å². The van der Waals surface area contributed by atoms with Crippen molar-refractivity contribution in [3.05, 3.63) is 106 Å². The summed E-state index contributed by atoms with van der Waals surface area (Å²) in [4.78, 5) is 5.95. The molecule has 1 heterocycles. The van der Waals surface area contributed by atoms with E-state index in [1.165, 1.54) is 6.08 Å². The van der Waals surface area contributed by atoms with Crippen LogP contribution in [-0.2, 0) is 27.3 Å². The van der Waals surface area contributed by atoms with Crippen LogP contribution in [0.3, 0.4) is 0 Å². The van der Waals surface area contributed by atoms with Crippen molar-refractivity contribution in [3.63, 3.8) is 0 Å². The minimum atomic E-state index is -3.77. The van der Waals surface area contributed by atoms with Crippen LogP contribution in [0.2, 0.25) is 0 Å². The smallest absolute Gasteiger partial charge is 0.290 e. The van der Waals surface area contributed by atoms with Crippen LogP contribution in [0.1, 0.15) is 28.6 Å². The molecule has 0 radical (unpaired) electrons. The Bertz CT molecular complexity index is 1430. The van der Waals surface area contributed by atoms with Gasteiger partial charge in [0.05, 0.1) is 24.3 Å². The predicted octanol–water partition coefficient (Wildman–Crippen LogP) is 6.66. The summed E-state index contributed by atoms with van der Waals surface area (Å²) < 4.78 is 40.9. The van der Waals surface area contributed by atoms with Gasteiger partial charge < -0.3 is 9.47 Å². The summed E-state index contributed by atoms with van der Waals surface area (Å²) >= 11 is 1.66. The zero-order valence-electron chi connectivity index (χ0n) is 20.8. The van der Waals surface area contributed by atoms with Gasteiger partial charge in [-0.05, 0) is 37.6 Å². The number of hydrogen-bond donors (Lipinski definition) is 0. The lowest BCUT2D eigenvalue weighted by molar-refractivity contribution is 0.295. The SMILES string of the molecule is CCOS(=O)(=O)/C=C/c1ccc(OCc2ccccc2)cc1OCCc1nc(-c2ccccc2)sc1C. The summed E-state index contributed by atoms with van der Waals surface area (Å²) in [5.74, 6) is 1.14. The second-order valence-electron chi connectivity index (χ2n) is 8.16. The van der Waals surface area contributed by atoms with Gasteiger partial charge in [0.25, 0.3) is 10.1 Å². The summed E-state index contributed by atoms with van der Waals surface area (Å²) in [5, 5.41) is 2.02. The van der Waals surface area contributed by atoms with Crippen LogP contribution < -0.4 is 9.47 Å². The van der Waals surface area contributed by atoms with E-state index in [0.29, 0.717) is 36.7 Å². The van der Waals surface area contributed by atoms with Gasteiger partial charge in [0.15, 0.2) is 0 Å². The standard InChI is InChI=1S/C29H29NO5S2/c1-3-35-37(31,32)19-17-24-14-15-26(34-21-23-10-6-4-7-11-23)20-28(24)33-18-16-27-22(2)36-29(30-27)25-12-8-5-9-13-25/h4-15,17,19-20H,3,16,18,21H2,1-2H3/b19-17+. The summed E-state index contributed by atoms with van der Waals surface area (Å²) in [7, 11) is -3.77. The van der Waals surface area contributed by atoms with Crippen molar-refractivity contribution < 1.29 is 22.1 Å². The molecule has 0 N–H and O–H groups in total. The topological polar surface area (TPSA) is 74.7 Å². The Morgan fingerprint density at radius 2 is 1.68 bits per heavy atom. The Hall–Kier alpha value is -3.46. The Balaban J connectivity index is 1.49. The monoisotopic (exact) mass is 535 g/mol. The third-order valence-electron chi connectivity index (χ3n) is 5.44. The maximum absolute atomic E-state index is 12.0. The number of ether oxygens (including phenoxy) is 2. The molecule has 4 aromatic rings. The Morgan fingerprint density at radius 1 is 0.946 bits per heavy atom. The molecule has 0 spiro atoms. The maximum atomic E-state index is 12.0. The lowest BCUT2D eigenvalue weighted by Crippen LogP contribution is -2.05. The van der Waals surface area contributed by atoms with Crippen LogP contribution >= 0.6 is 11.3 Å². The van der Waals surface area contributed by atoms with Gasteiger partial charge in [-0.25, -0.2) is 4.98 Å². The normalized spacial score (nSPS) is 11.6. The average molecular weight is 536 g/mol. The molecule has 0 bridgehead atoms. The van der Waals surface area contributed by atoms with E-state index in [-0.39, 0.29) is 6.61 Å². The van der Waals surface area contributed by atoms with Crippen LogP contribution in [0.25, 0.3) is 16.6 Å². The molecule has 4 rings (SSSR count). The summed E-state index contributed by atoms with van der Waals surface area (Å²) in [6, 6.07) is 25.3. The van der Waals surface area contributed by atoms with E-state index >= 15 is 0 Å². The minimum Gasteiger partial charge on any atom is -0.492 e. The van der Waals surface area contributed by atoms with Gasteiger partial charge in [0.1, 0.15) is 23.1 Å². The average Bonchev–Trinajstić information content (AvgIpc) is 3.28. The number of benzene rings is 3. The third kappa shape index (κ3) is 7.76. The summed E-state index contributed by atoms with van der Waals surface area (Å²) in [6.07, 6.45) is 2.09. The Morgan fingerprint density at radius 3 is 2.41 bits per heavy atom. The molecule has 6 nitrogen and oxygen atoms in total. The largest absolute Gasteiger partial charge is 0.492 e. The minimum absolute atomic E-state index is 0.0697. The number of nitrogens with zero attached hydrogens (tertiary/aromatic N) is 1. The first-order valence-electron chi connectivity index (χ1n) is 12.0. The van der Waals surface area contributed by atoms with Gasteiger partial charge in [-0.3, -0.25) is 4.18 Å².